The van der Waals surface area contributed by atoms with Crippen molar-refractivity contribution in [2.75, 3.05) is 20.3 Å². The molecule has 0 radical (unpaired) electrons. The van der Waals surface area contributed by atoms with E-state index in [-0.39, 0.29) is 5.91 Å². The highest BCUT2D eigenvalue weighted by molar-refractivity contribution is 5.81. The van der Waals surface area contributed by atoms with Gasteiger partial charge in [0.15, 0.2) is 0 Å². The first kappa shape index (κ1) is 11.7. The maximum atomic E-state index is 11.2. The molecule has 0 spiro atoms. The molecule has 0 aromatic heterocycles. The third kappa shape index (κ3) is 3.69. The first-order valence-electron chi connectivity index (χ1n) is 4.82. The van der Waals surface area contributed by atoms with E-state index in [4.69, 9.17) is 10.5 Å². The Kier molecular flexibility index (Phi) is 4.80. The van der Waals surface area contributed by atoms with Gasteiger partial charge in [0.2, 0.25) is 5.91 Å². The number of nitrogens with one attached hydrogen (secondary N) is 1. The van der Waals surface area contributed by atoms with Crippen LogP contribution in [0, 0.1) is 0 Å². The number of carbonyl (C=O) groups is 1. The van der Waals surface area contributed by atoms with Crippen LogP contribution in [0.15, 0.2) is 30.3 Å². The van der Waals surface area contributed by atoms with E-state index >= 15 is 0 Å². The van der Waals surface area contributed by atoms with Crippen LogP contribution in [0.3, 0.4) is 0 Å². The van der Waals surface area contributed by atoms with Gasteiger partial charge in [0.1, 0.15) is 6.04 Å². The maximum Gasteiger partial charge on any atom is 0.239 e. The third-order valence-corrected chi connectivity index (χ3v) is 2.07. The number of amides is 1. The fourth-order valence-electron chi connectivity index (χ4n) is 1.33. The van der Waals surface area contributed by atoms with Gasteiger partial charge >= 0.3 is 0 Å². The van der Waals surface area contributed by atoms with Gasteiger partial charge in [-0.3, -0.25) is 10.1 Å². The SMILES string of the molecule is COCCNC(C(N)=O)c1ccccc1. The van der Waals surface area contributed by atoms with Gasteiger partial charge in [-0.25, -0.2) is 0 Å². The van der Waals surface area contributed by atoms with E-state index in [1.807, 2.05) is 30.3 Å². The van der Waals surface area contributed by atoms with Gasteiger partial charge in [0.25, 0.3) is 0 Å². The van der Waals surface area contributed by atoms with E-state index in [0.717, 1.165) is 5.56 Å². The highest BCUT2D eigenvalue weighted by Crippen LogP contribution is 2.11. The first-order chi connectivity index (χ1) is 7.25. The van der Waals surface area contributed by atoms with E-state index in [0.29, 0.717) is 13.2 Å². The van der Waals surface area contributed by atoms with Crippen molar-refractivity contribution >= 4 is 5.91 Å². The molecule has 0 bridgehead atoms. The van der Waals surface area contributed by atoms with Crippen LogP contribution in [0.5, 0.6) is 0 Å². The second-order valence-electron chi connectivity index (χ2n) is 3.19. The average molecular weight is 208 g/mol. The molecule has 4 heteroatoms. The summed E-state index contributed by atoms with van der Waals surface area (Å²) in [6.07, 6.45) is 0. The maximum absolute atomic E-state index is 11.2. The van der Waals surface area contributed by atoms with Crippen molar-refractivity contribution in [2.24, 2.45) is 5.73 Å². The fraction of sp³-hybridized carbons (Fsp3) is 0.364. The minimum atomic E-state index is -0.443. The molecule has 4 nitrogen and oxygen atoms in total. The molecule has 82 valence electrons. The van der Waals surface area contributed by atoms with E-state index in [1.54, 1.807) is 7.11 Å². The van der Waals surface area contributed by atoms with Gasteiger partial charge in [0.05, 0.1) is 6.61 Å². The number of benzene rings is 1. The summed E-state index contributed by atoms with van der Waals surface area (Å²) in [6, 6.07) is 8.95. The van der Waals surface area contributed by atoms with Gasteiger partial charge in [-0.1, -0.05) is 30.3 Å². The van der Waals surface area contributed by atoms with Gasteiger partial charge in [0, 0.05) is 13.7 Å². The van der Waals surface area contributed by atoms with Gasteiger partial charge in [-0.05, 0) is 5.56 Å². The number of rotatable bonds is 6. The molecular formula is C11H16N2O2. The summed E-state index contributed by atoms with van der Waals surface area (Å²) in [7, 11) is 1.61. The zero-order chi connectivity index (χ0) is 11.1. The number of hydrogen-bond acceptors (Lipinski definition) is 3. The molecular weight excluding hydrogens is 192 g/mol. The van der Waals surface area contributed by atoms with Crippen molar-refractivity contribution < 1.29 is 9.53 Å². The quantitative estimate of drug-likeness (QED) is 0.667. The predicted octanol–water partition coefficient (Wildman–Crippen LogP) is 0.449. The normalized spacial score (nSPS) is 12.3. The van der Waals surface area contributed by atoms with Crippen molar-refractivity contribution in [3.63, 3.8) is 0 Å². The third-order valence-electron chi connectivity index (χ3n) is 2.07. The van der Waals surface area contributed by atoms with Crippen LogP contribution in [-0.2, 0) is 9.53 Å². The predicted molar refractivity (Wildman–Crippen MR) is 58.3 cm³/mol. The number of primary amides is 1. The molecule has 0 heterocycles. The summed E-state index contributed by atoms with van der Waals surface area (Å²) in [5.74, 6) is -0.377. The molecule has 0 fully saturated rings. The van der Waals surface area contributed by atoms with Crippen LogP contribution in [-0.4, -0.2) is 26.2 Å². The highest BCUT2D eigenvalue weighted by atomic mass is 16.5. The highest BCUT2D eigenvalue weighted by Gasteiger charge is 2.15. The van der Waals surface area contributed by atoms with Crippen molar-refractivity contribution in [1.82, 2.24) is 5.32 Å². The molecule has 0 aliphatic rings. The Bertz CT molecular complexity index is 301. The summed E-state index contributed by atoms with van der Waals surface area (Å²) in [6.45, 7) is 1.15. The molecule has 1 amide bonds. The summed E-state index contributed by atoms with van der Waals surface area (Å²) >= 11 is 0. The Balaban J connectivity index is 2.62. The van der Waals surface area contributed by atoms with Crippen molar-refractivity contribution in [1.29, 1.82) is 0 Å². The molecule has 1 unspecified atom stereocenters. The summed E-state index contributed by atoms with van der Waals surface area (Å²) in [4.78, 5) is 11.2. The lowest BCUT2D eigenvalue weighted by Gasteiger charge is -2.15. The van der Waals surface area contributed by atoms with Crippen molar-refractivity contribution in [2.45, 2.75) is 6.04 Å². The molecule has 3 N–H and O–H groups in total. The Morgan fingerprint density at radius 1 is 1.47 bits per heavy atom. The van der Waals surface area contributed by atoms with Crippen LogP contribution < -0.4 is 11.1 Å². The van der Waals surface area contributed by atoms with Crippen molar-refractivity contribution in [3.8, 4) is 0 Å². The van der Waals surface area contributed by atoms with Gasteiger partial charge in [-0.2, -0.15) is 0 Å². The van der Waals surface area contributed by atoms with E-state index in [9.17, 15) is 4.79 Å². The lowest BCUT2D eigenvalue weighted by atomic mass is 10.1. The average Bonchev–Trinajstić information content (AvgIpc) is 2.25. The lowest BCUT2D eigenvalue weighted by molar-refractivity contribution is -0.120. The van der Waals surface area contributed by atoms with Crippen LogP contribution in [0.4, 0.5) is 0 Å². The standard InChI is InChI=1S/C11H16N2O2/c1-15-8-7-13-10(11(12)14)9-5-3-2-4-6-9/h2-6,10,13H,7-8H2,1H3,(H2,12,14). The molecule has 0 aliphatic carbocycles. The van der Waals surface area contributed by atoms with Gasteiger partial charge in [-0.15, -0.1) is 0 Å². The Labute approximate surface area is 89.4 Å². The fourth-order valence-corrected chi connectivity index (χ4v) is 1.33. The van der Waals surface area contributed by atoms with Crippen LogP contribution >= 0.6 is 0 Å². The largest absolute Gasteiger partial charge is 0.383 e. The molecule has 0 aliphatic heterocycles. The monoisotopic (exact) mass is 208 g/mol. The molecule has 0 saturated heterocycles. The topological polar surface area (TPSA) is 64.3 Å². The van der Waals surface area contributed by atoms with Crippen molar-refractivity contribution in [3.05, 3.63) is 35.9 Å². The van der Waals surface area contributed by atoms with Crippen LogP contribution in [0.2, 0.25) is 0 Å². The van der Waals surface area contributed by atoms with Crippen LogP contribution in [0.1, 0.15) is 11.6 Å². The Hall–Kier alpha value is -1.39. The second kappa shape index (κ2) is 6.16. The number of carbonyl (C=O) groups excluding carboxylic acids is 1. The van der Waals surface area contributed by atoms with E-state index < -0.39 is 6.04 Å². The zero-order valence-corrected chi connectivity index (χ0v) is 8.77. The summed E-state index contributed by atoms with van der Waals surface area (Å²) in [5, 5.41) is 3.04. The molecule has 1 aromatic rings. The molecule has 0 saturated carbocycles. The number of nitrogens with two attached hydrogens (primary N) is 1. The Morgan fingerprint density at radius 3 is 2.67 bits per heavy atom. The minimum absolute atomic E-state index is 0.377. The number of ether oxygens (including phenoxy) is 1. The van der Waals surface area contributed by atoms with E-state index in [1.165, 1.54) is 0 Å². The molecule has 1 rings (SSSR count). The summed E-state index contributed by atoms with van der Waals surface area (Å²) in [5.41, 5.74) is 6.18. The van der Waals surface area contributed by atoms with E-state index in [2.05, 4.69) is 5.32 Å². The lowest BCUT2D eigenvalue weighted by Crippen LogP contribution is -2.35. The second-order valence-corrected chi connectivity index (χ2v) is 3.19. The molecule has 15 heavy (non-hydrogen) atoms. The smallest absolute Gasteiger partial charge is 0.239 e. The zero-order valence-electron chi connectivity index (χ0n) is 8.77. The molecule has 1 aromatic carbocycles. The number of hydrogen-bond donors (Lipinski definition) is 2. The number of methoxy groups -OCH3 is 1. The molecule has 1 atom stereocenters. The first-order valence-corrected chi connectivity index (χ1v) is 4.82. The van der Waals surface area contributed by atoms with Gasteiger partial charge < -0.3 is 10.5 Å². The Morgan fingerprint density at radius 2 is 2.13 bits per heavy atom. The summed E-state index contributed by atoms with van der Waals surface area (Å²) < 4.78 is 4.89. The minimum Gasteiger partial charge on any atom is -0.383 e. The van der Waals surface area contributed by atoms with Crippen LogP contribution in [0.25, 0.3) is 0 Å².